The van der Waals surface area contributed by atoms with Crippen LogP contribution in [-0.2, 0) is 6.42 Å². The van der Waals surface area contributed by atoms with Gasteiger partial charge < -0.3 is 15.0 Å². The molecule has 0 bridgehead atoms. The van der Waals surface area contributed by atoms with Crippen LogP contribution < -0.4 is 10.6 Å². The molecule has 3 atom stereocenters. The van der Waals surface area contributed by atoms with E-state index in [0.717, 1.165) is 49.2 Å². The van der Waals surface area contributed by atoms with E-state index in [2.05, 4.69) is 48.4 Å². The van der Waals surface area contributed by atoms with E-state index < -0.39 is 0 Å². The second-order valence-electron chi connectivity index (χ2n) is 6.54. The summed E-state index contributed by atoms with van der Waals surface area (Å²) in [7, 11) is 0. The van der Waals surface area contributed by atoms with Crippen LogP contribution in [0.25, 0.3) is 5.65 Å². The molecule has 1 saturated heterocycles. The molecule has 0 spiro atoms. The van der Waals surface area contributed by atoms with Gasteiger partial charge in [0.15, 0.2) is 5.82 Å². The highest BCUT2D eigenvalue weighted by molar-refractivity contribution is 5.56. The summed E-state index contributed by atoms with van der Waals surface area (Å²) in [5.41, 5.74) is 8.51. The molecule has 0 radical (unpaired) electrons. The summed E-state index contributed by atoms with van der Waals surface area (Å²) in [6, 6.07) is 6.38. The summed E-state index contributed by atoms with van der Waals surface area (Å²) in [5, 5.41) is 0. The van der Waals surface area contributed by atoms with Crippen molar-refractivity contribution < 1.29 is 0 Å². The van der Waals surface area contributed by atoms with E-state index in [1.165, 1.54) is 5.69 Å². The molecule has 2 aromatic rings. The topological polar surface area (TPSA) is 46.6 Å². The fourth-order valence-electron chi connectivity index (χ4n) is 3.17. The Morgan fingerprint density at radius 3 is 2.67 bits per heavy atom. The third-order valence-electron chi connectivity index (χ3n) is 4.88. The second kappa shape index (κ2) is 5.68. The highest BCUT2D eigenvalue weighted by Crippen LogP contribution is 2.30. The molecule has 4 nitrogen and oxygen atoms in total. The average Bonchev–Trinajstić information content (AvgIpc) is 3.00. The lowest BCUT2D eigenvalue weighted by Crippen LogP contribution is -2.26. The molecule has 3 heterocycles. The van der Waals surface area contributed by atoms with E-state index in [1.807, 2.05) is 6.07 Å². The van der Waals surface area contributed by atoms with Crippen LogP contribution in [0.5, 0.6) is 0 Å². The Balaban J connectivity index is 2.02. The minimum atomic E-state index is 0.196. The minimum absolute atomic E-state index is 0.196. The largest absolute Gasteiger partial charge is 0.355 e. The molecule has 1 fully saturated rings. The molecule has 21 heavy (non-hydrogen) atoms. The van der Waals surface area contributed by atoms with Gasteiger partial charge in [0.2, 0.25) is 0 Å². The van der Waals surface area contributed by atoms with E-state index in [0.29, 0.717) is 0 Å². The SMILES string of the molecule is CCC(N)Cc1c(N2CC(C)C(C)C2)nc2ccccn12. The van der Waals surface area contributed by atoms with Gasteiger partial charge in [-0.15, -0.1) is 0 Å². The fourth-order valence-corrected chi connectivity index (χ4v) is 3.17. The number of hydrogen-bond donors (Lipinski definition) is 1. The summed E-state index contributed by atoms with van der Waals surface area (Å²) in [5.74, 6) is 2.59. The van der Waals surface area contributed by atoms with Crippen molar-refractivity contribution in [3.63, 3.8) is 0 Å². The first-order valence-electron chi connectivity index (χ1n) is 8.06. The zero-order valence-electron chi connectivity index (χ0n) is 13.3. The van der Waals surface area contributed by atoms with Crippen LogP contribution in [0, 0.1) is 11.8 Å². The van der Waals surface area contributed by atoms with E-state index in [9.17, 15) is 0 Å². The predicted molar refractivity (Wildman–Crippen MR) is 87.7 cm³/mol. The fraction of sp³-hybridized carbons (Fsp3) is 0.588. The van der Waals surface area contributed by atoms with Crippen molar-refractivity contribution in [2.24, 2.45) is 17.6 Å². The second-order valence-corrected chi connectivity index (χ2v) is 6.54. The van der Waals surface area contributed by atoms with Gasteiger partial charge in [-0.3, -0.25) is 0 Å². The van der Waals surface area contributed by atoms with Gasteiger partial charge in [-0.05, 0) is 30.4 Å². The average molecular weight is 286 g/mol. The van der Waals surface area contributed by atoms with Crippen molar-refractivity contribution in [1.29, 1.82) is 0 Å². The molecule has 3 unspecified atom stereocenters. The summed E-state index contributed by atoms with van der Waals surface area (Å²) >= 11 is 0. The molecule has 0 aliphatic carbocycles. The van der Waals surface area contributed by atoms with Gasteiger partial charge in [0, 0.05) is 31.7 Å². The van der Waals surface area contributed by atoms with E-state index in [1.54, 1.807) is 0 Å². The molecule has 4 heteroatoms. The van der Waals surface area contributed by atoms with Crippen molar-refractivity contribution in [1.82, 2.24) is 9.38 Å². The van der Waals surface area contributed by atoms with Crippen molar-refractivity contribution in [2.45, 2.75) is 39.7 Å². The van der Waals surface area contributed by atoms with Gasteiger partial charge in [-0.2, -0.15) is 0 Å². The van der Waals surface area contributed by atoms with Gasteiger partial charge in [0.05, 0.1) is 5.69 Å². The van der Waals surface area contributed by atoms with Crippen LogP contribution in [0.3, 0.4) is 0 Å². The molecule has 0 aromatic carbocycles. The molecule has 1 aliphatic heterocycles. The molecule has 1 aliphatic rings. The van der Waals surface area contributed by atoms with Gasteiger partial charge in [0.25, 0.3) is 0 Å². The van der Waals surface area contributed by atoms with Crippen molar-refractivity contribution in [3.8, 4) is 0 Å². The number of pyridine rings is 1. The molecule has 0 amide bonds. The Hall–Kier alpha value is -1.55. The lowest BCUT2D eigenvalue weighted by atomic mass is 10.0. The summed E-state index contributed by atoms with van der Waals surface area (Å²) in [4.78, 5) is 7.33. The highest BCUT2D eigenvalue weighted by Gasteiger charge is 2.30. The number of nitrogens with two attached hydrogens (primary N) is 1. The quantitative estimate of drug-likeness (QED) is 0.940. The van der Waals surface area contributed by atoms with Crippen LogP contribution in [0.2, 0.25) is 0 Å². The smallest absolute Gasteiger partial charge is 0.151 e. The monoisotopic (exact) mass is 286 g/mol. The van der Waals surface area contributed by atoms with E-state index >= 15 is 0 Å². The normalized spacial score (nSPS) is 23.9. The Morgan fingerprint density at radius 1 is 1.29 bits per heavy atom. The molecule has 2 aromatic heterocycles. The third kappa shape index (κ3) is 2.64. The van der Waals surface area contributed by atoms with Gasteiger partial charge in [-0.1, -0.05) is 26.8 Å². The first-order valence-corrected chi connectivity index (χ1v) is 8.06. The van der Waals surface area contributed by atoms with Crippen molar-refractivity contribution in [3.05, 3.63) is 30.1 Å². The Morgan fingerprint density at radius 2 is 2.00 bits per heavy atom. The Bertz CT molecular complexity index is 608. The van der Waals surface area contributed by atoms with Crippen LogP contribution >= 0.6 is 0 Å². The number of rotatable bonds is 4. The maximum Gasteiger partial charge on any atom is 0.151 e. The van der Waals surface area contributed by atoms with Gasteiger partial charge >= 0.3 is 0 Å². The minimum Gasteiger partial charge on any atom is -0.355 e. The predicted octanol–water partition coefficient (Wildman–Crippen LogP) is 2.71. The lowest BCUT2D eigenvalue weighted by Gasteiger charge is -2.19. The van der Waals surface area contributed by atoms with E-state index in [-0.39, 0.29) is 6.04 Å². The van der Waals surface area contributed by atoms with Gasteiger partial charge in [-0.25, -0.2) is 4.98 Å². The lowest BCUT2D eigenvalue weighted by molar-refractivity contribution is 0.494. The number of hydrogen-bond acceptors (Lipinski definition) is 3. The standard InChI is InChI=1S/C17H26N4/c1-4-14(18)9-15-17(20-10-12(2)13(3)11-20)19-16-7-5-6-8-21(15)16/h5-8,12-14H,4,9-11,18H2,1-3H3. The number of aromatic nitrogens is 2. The molecular formula is C17H26N4. The Kier molecular flexibility index (Phi) is 3.89. The van der Waals surface area contributed by atoms with Gasteiger partial charge in [0.1, 0.15) is 5.65 Å². The zero-order chi connectivity index (χ0) is 15.0. The zero-order valence-corrected chi connectivity index (χ0v) is 13.3. The summed E-state index contributed by atoms with van der Waals surface area (Å²) in [6.07, 6.45) is 3.98. The first kappa shape index (κ1) is 14.4. The number of fused-ring (bicyclic) bond motifs is 1. The number of nitrogens with zero attached hydrogens (tertiary/aromatic N) is 3. The molecule has 3 rings (SSSR count). The van der Waals surface area contributed by atoms with Crippen molar-refractivity contribution in [2.75, 3.05) is 18.0 Å². The van der Waals surface area contributed by atoms with Crippen molar-refractivity contribution >= 4 is 11.5 Å². The summed E-state index contributed by atoms with van der Waals surface area (Å²) in [6.45, 7) is 9.00. The van der Waals surface area contributed by atoms with Crippen LogP contribution in [0.4, 0.5) is 5.82 Å². The van der Waals surface area contributed by atoms with Crippen LogP contribution in [0.1, 0.15) is 32.9 Å². The molecule has 2 N–H and O–H groups in total. The maximum atomic E-state index is 6.22. The van der Waals surface area contributed by atoms with Crippen LogP contribution in [0.15, 0.2) is 24.4 Å². The third-order valence-corrected chi connectivity index (χ3v) is 4.88. The van der Waals surface area contributed by atoms with E-state index in [4.69, 9.17) is 10.7 Å². The Labute approximate surface area is 127 Å². The highest BCUT2D eigenvalue weighted by atomic mass is 15.2. The number of imidazole rings is 1. The number of anilines is 1. The molecule has 114 valence electrons. The first-order chi connectivity index (χ1) is 10.1. The molecule has 0 saturated carbocycles. The molecular weight excluding hydrogens is 260 g/mol. The maximum absolute atomic E-state index is 6.22. The summed E-state index contributed by atoms with van der Waals surface area (Å²) < 4.78 is 2.21. The van der Waals surface area contributed by atoms with Crippen LogP contribution in [-0.4, -0.2) is 28.5 Å².